The van der Waals surface area contributed by atoms with Gasteiger partial charge < -0.3 is 20.7 Å². The van der Waals surface area contributed by atoms with E-state index in [4.69, 9.17) is 4.74 Å². The van der Waals surface area contributed by atoms with Gasteiger partial charge in [-0.05, 0) is 61.8 Å². The quantitative estimate of drug-likeness (QED) is 0.372. The number of aromatic nitrogens is 1. The smallest absolute Gasteiger partial charge is 0.243 e. The maximum Gasteiger partial charge on any atom is 0.243 e. The van der Waals surface area contributed by atoms with Gasteiger partial charge in [0.05, 0.1) is 22.2 Å². The highest BCUT2D eigenvalue weighted by atomic mass is 32.1. The van der Waals surface area contributed by atoms with Crippen molar-refractivity contribution in [3.05, 3.63) is 72.1 Å². The second-order valence-corrected chi connectivity index (χ2v) is 13.1. The lowest BCUT2D eigenvalue weighted by atomic mass is 9.75. The Labute approximate surface area is 260 Å². The molecule has 2 aromatic carbocycles. The summed E-state index contributed by atoms with van der Waals surface area (Å²) >= 11 is 1.25. The fraction of sp³-hybridized carbons (Fsp3) is 0.455. The number of likely N-dealkylation sites (tertiary alicyclic amines) is 1. The standard InChI is InChI=1S/C33H38FN5O4S/c34-24-9-10-26-28(19-24)44-32(37-26)38-29(40)21-39-15-11-25-23(20-39)8-4-5-12-33(13-16-43-17-14-33)31(42)36-27(30(41)35-25)18-22-6-2-1-3-7-22/h1-7,9-10,19,23,25,27H,8,11-18,20-21H2,(H,35,41)(H,36,42)(H,37,38,40)/b5-4+/t23-,25+,27-/m0/s1. The number of fused-ring (bicyclic) bond motifs is 2. The van der Waals surface area contributed by atoms with Gasteiger partial charge >= 0.3 is 0 Å². The van der Waals surface area contributed by atoms with Gasteiger partial charge in [0.2, 0.25) is 17.7 Å². The van der Waals surface area contributed by atoms with E-state index in [0.29, 0.717) is 73.8 Å². The normalized spacial score (nSPS) is 25.2. The lowest BCUT2D eigenvalue weighted by Gasteiger charge is -2.40. The van der Waals surface area contributed by atoms with Gasteiger partial charge in [-0.3, -0.25) is 19.3 Å². The molecule has 2 saturated heterocycles. The molecule has 0 aliphatic carbocycles. The van der Waals surface area contributed by atoms with Crippen molar-refractivity contribution in [2.75, 3.05) is 38.2 Å². The second-order valence-electron chi connectivity index (χ2n) is 12.1. The number of halogens is 1. The van der Waals surface area contributed by atoms with Crippen LogP contribution < -0.4 is 16.0 Å². The molecule has 0 saturated carbocycles. The van der Waals surface area contributed by atoms with Crippen LogP contribution in [0, 0.1) is 17.2 Å². The predicted octanol–water partition coefficient (Wildman–Crippen LogP) is 4.05. The summed E-state index contributed by atoms with van der Waals surface area (Å²) in [7, 11) is 0. The molecule has 3 N–H and O–H groups in total. The number of carbonyl (C=O) groups excluding carboxylic acids is 3. The number of rotatable bonds is 5. The second kappa shape index (κ2) is 13.5. The van der Waals surface area contributed by atoms with Crippen molar-refractivity contribution < 1.29 is 23.5 Å². The van der Waals surface area contributed by atoms with Gasteiger partial charge in [-0.2, -0.15) is 0 Å². The van der Waals surface area contributed by atoms with Crippen LogP contribution in [0.25, 0.3) is 10.2 Å². The zero-order valence-corrected chi connectivity index (χ0v) is 25.4. The van der Waals surface area contributed by atoms with E-state index >= 15 is 0 Å². The molecule has 1 aromatic heterocycles. The molecule has 1 spiro atoms. The summed E-state index contributed by atoms with van der Waals surface area (Å²) in [5, 5.41) is 9.72. The highest BCUT2D eigenvalue weighted by molar-refractivity contribution is 7.22. The number of amides is 3. The zero-order valence-electron chi connectivity index (χ0n) is 24.6. The van der Waals surface area contributed by atoms with E-state index in [2.05, 4.69) is 38.0 Å². The summed E-state index contributed by atoms with van der Waals surface area (Å²) in [6, 6.07) is 13.4. The third-order valence-corrected chi connectivity index (χ3v) is 9.99. The third kappa shape index (κ3) is 7.17. The Hall–Kier alpha value is -3.67. The Morgan fingerprint density at radius 2 is 1.93 bits per heavy atom. The number of nitrogens with one attached hydrogen (secondary N) is 3. The summed E-state index contributed by atoms with van der Waals surface area (Å²) in [5.74, 6) is -0.680. The highest BCUT2D eigenvalue weighted by Gasteiger charge is 2.41. The molecule has 3 aromatic rings. The molecule has 3 aliphatic heterocycles. The fourth-order valence-electron chi connectivity index (χ4n) is 6.51. The number of hydrogen-bond donors (Lipinski definition) is 3. The van der Waals surface area contributed by atoms with Crippen LogP contribution in [0.4, 0.5) is 9.52 Å². The Bertz CT molecular complexity index is 1520. The number of carbonyl (C=O) groups is 3. The average molecular weight is 620 g/mol. The summed E-state index contributed by atoms with van der Waals surface area (Å²) in [5.41, 5.74) is 1.02. The maximum atomic E-state index is 13.8. The van der Waals surface area contributed by atoms with E-state index in [1.807, 2.05) is 30.3 Å². The maximum absolute atomic E-state index is 13.8. The van der Waals surface area contributed by atoms with E-state index in [9.17, 15) is 18.8 Å². The molecule has 0 unspecified atom stereocenters. The number of thiazole rings is 1. The lowest BCUT2D eigenvalue weighted by molar-refractivity contribution is -0.140. The number of hydrogen-bond acceptors (Lipinski definition) is 7. The average Bonchev–Trinajstić information content (AvgIpc) is 3.41. The summed E-state index contributed by atoms with van der Waals surface area (Å²) in [4.78, 5) is 47.0. The van der Waals surface area contributed by atoms with Crippen LogP contribution in [0.5, 0.6) is 0 Å². The number of benzene rings is 2. The van der Waals surface area contributed by atoms with Gasteiger partial charge in [-0.25, -0.2) is 9.37 Å². The number of piperidine rings is 1. The summed E-state index contributed by atoms with van der Waals surface area (Å²) < 4.78 is 19.9. The molecule has 3 atom stereocenters. The van der Waals surface area contributed by atoms with Gasteiger partial charge in [-0.1, -0.05) is 53.8 Å². The first-order valence-corrected chi connectivity index (χ1v) is 16.1. The molecule has 2 fully saturated rings. The van der Waals surface area contributed by atoms with E-state index < -0.39 is 11.5 Å². The molecule has 44 heavy (non-hydrogen) atoms. The first-order chi connectivity index (χ1) is 21.4. The topological polar surface area (TPSA) is 113 Å². The van der Waals surface area contributed by atoms with E-state index in [1.165, 1.54) is 23.5 Å². The fourth-order valence-corrected chi connectivity index (χ4v) is 7.42. The number of ether oxygens (including phenoxy) is 1. The highest BCUT2D eigenvalue weighted by Crippen LogP contribution is 2.36. The number of allylic oxidation sites excluding steroid dienone is 2. The number of nitrogens with zero attached hydrogens (tertiary/aromatic N) is 2. The van der Waals surface area contributed by atoms with Gasteiger partial charge in [0.1, 0.15) is 11.9 Å². The zero-order chi connectivity index (χ0) is 30.5. The summed E-state index contributed by atoms with van der Waals surface area (Å²) in [6.07, 6.45) is 7.87. The van der Waals surface area contributed by atoms with Gasteiger partial charge in [0.25, 0.3) is 0 Å². The Morgan fingerprint density at radius 1 is 1.11 bits per heavy atom. The minimum absolute atomic E-state index is 0.0854. The first kappa shape index (κ1) is 30.4. The van der Waals surface area contributed by atoms with Crippen molar-refractivity contribution in [1.29, 1.82) is 0 Å². The van der Waals surface area contributed by atoms with Crippen molar-refractivity contribution in [2.24, 2.45) is 11.3 Å². The molecule has 4 heterocycles. The van der Waals surface area contributed by atoms with Crippen molar-refractivity contribution in [3.63, 3.8) is 0 Å². The SMILES string of the molecule is O=C(CN1CC[C@H]2NC(=O)[C@H](Cc3ccccc3)NC(=O)C3(C/C=C/C[C@H]2C1)CCOCC3)Nc1nc2ccc(F)cc2s1. The first-order valence-electron chi connectivity index (χ1n) is 15.3. The molecule has 11 heteroatoms. The van der Waals surface area contributed by atoms with Gasteiger partial charge in [0, 0.05) is 38.8 Å². The molecular weight excluding hydrogens is 581 g/mol. The van der Waals surface area contributed by atoms with Crippen molar-refractivity contribution >= 4 is 44.4 Å². The molecule has 3 amide bonds. The Morgan fingerprint density at radius 3 is 2.75 bits per heavy atom. The van der Waals surface area contributed by atoms with Crippen LogP contribution in [-0.4, -0.2) is 72.5 Å². The lowest BCUT2D eigenvalue weighted by Crippen LogP contribution is -2.58. The van der Waals surface area contributed by atoms with Crippen molar-refractivity contribution in [3.8, 4) is 0 Å². The van der Waals surface area contributed by atoms with Crippen LogP contribution >= 0.6 is 11.3 Å². The van der Waals surface area contributed by atoms with Crippen molar-refractivity contribution in [1.82, 2.24) is 20.5 Å². The van der Waals surface area contributed by atoms with Crippen molar-refractivity contribution in [2.45, 2.75) is 50.6 Å². The molecule has 0 bridgehead atoms. The van der Waals surface area contributed by atoms with Crippen LogP contribution in [-0.2, 0) is 25.5 Å². The van der Waals surface area contributed by atoms with Crippen LogP contribution in [0.1, 0.15) is 37.7 Å². The Kier molecular flexibility index (Phi) is 9.34. The largest absolute Gasteiger partial charge is 0.381 e. The minimum Gasteiger partial charge on any atom is -0.381 e. The molecule has 6 rings (SSSR count). The minimum atomic E-state index is -0.695. The summed E-state index contributed by atoms with van der Waals surface area (Å²) in [6.45, 7) is 2.52. The van der Waals surface area contributed by atoms with Gasteiger partial charge in [0.15, 0.2) is 5.13 Å². The molecule has 0 radical (unpaired) electrons. The molecule has 232 valence electrons. The monoisotopic (exact) mass is 619 g/mol. The molecule has 3 aliphatic rings. The molecule has 9 nitrogen and oxygen atoms in total. The van der Waals surface area contributed by atoms with Crippen LogP contribution in [0.3, 0.4) is 0 Å². The third-order valence-electron chi connectivity index (χ3n) is 9.06. The number of anilines is 1. The van der Waals surface area contributed by atoms with E-state index in [1.54, 1.807) is 6.07 Å². The van der Waals surface area contributed by atoms with E-state index in [0.717, 1.165) is 12.0 Å². The van der Waals surface area contributed by atoms with Crippen LogP contribution in [0.2, 0.25) is 0 Å². The molecular formula is C33H38FN5O4S. The van der Waals surface area contributed by atoms with Gasteiger partial charge in [-0.15, -0.1) is 0 Å². The van der Waals surface area contributed by atoms with E-state index in [-0.39, 0.29) is 42.0 Å². The Balaban J connectivity index is 1.16. The predicted molar refractivity (Wildman–Crippen MR) is 168 cm³/mol. The van der Waals surface area contributed by atoms with Crippen LogP contribution in [0.15, 0.2) is 60.7 Å².